The van der Waals surface area contributed by atoms with Crippen LogP contribution in [0.1, 0.15) is 19.4 Å². The first-order chi connectivity index (χ1) is 8.82. The van der Waals surface area contributed by atoms with Crippen molar-refractivity contribution in [2.75, 3.05) is 26.4 Å². The number of benzene rings is 1. The molecule has 0 radical (unpaired) electrons. The second-order valence-corrected chi connectivity index (χ2v) is 7.07. The van der Waals surface area contributed by atoms with Crippen LogP contribution in [0.2, 0.25) is 0 Å². The molecule has 1 atom stereocenters. The Balaban J connectivity index is 2.50. The van der Waals surface area contributed by atoms with Gasteiger partial charge in [0.05, 0.1) is 4.90 Å². The van der Waals surface area contributed by atoms with Crippen LogP contribution in [0, 0.1) is 0 Å². The number of rotatable bonds is 7. The molecule has 1 aromatic rings. The molecule has 0 fully saturated rings. The van der Waals surface area contributed by atoms with Crippen molar-refractivity contribution in [1.29, 1.82) is 0 Å². The zero-order valence-corrected chi connectivity index (χ0v) is 13.0. The molecule has 0 saturated heterocycles. The first-order valence-electron chi connectivity index (χ1n) is 6.54. The average Bonchev–Trinajstić information content (AvgIpc) is 2.35. The number of hydrogen-bond acceptors (Lipinski definition) is 4. The van der Waals surface area contributed by atoms with E-state index in [9.17, 15) is 8.42 Å². The maximum absolute atomic E-state index is 11.3. The molecule has 0 amide bonds. The summed E-state index contributed by atoms with van der Waals surface area (Å²) < 4.78 is 22.7. The van der Waals surface area contributed by atoms with E-state index in [-0.39, 0.29) is 0 Å². The van der Waals surface area contributed by atoms with Crippen molar-refractivity contribution in [2.24, 2.45) is 0 Å². The van der Waals surface area contributed by atoms with Crippen molar-refractivity contribution in [1.82, 2.24) is 10.2 Å². The van der Waals surface area contributed by atoms with Gasteiger partial charge in [-0.3, -0.25) is 0 Å². The van der Waals surface area contributed by atoms with Gasteiger partial charge >= 0.3 is 0 Å². The highest BCUT2D eigenvalue weighted by atomic mass is 32.2. The summed E-state index contributed by atoms with van der Waals surface area (Å²) in [7, 11) is -1.00. The van der Waals surface area contributed by atoms with Crippen LogP contribution in [0.5, 0.6) is 0 Å². The summed E-state index contributed by atoms with van der Waals surface area (Å²) in [4.78, 5) is 2.62. The smallest absolute Gasteiger partial charge is 0.175 e. The average molecular weight is 284 g/mol. The molecule has 19 heavy (non-hydrogen) atoms. The normalized spacial score (nSPS) is 13.7. The Bertz CT molecular complexity index is 483. The van der Waals surface area contributed by atoms with E-state index in [2.05, 4.69) is 31.1 Å². The van der Waals surface area contributed by atoms with Gasteiger partial charge in [-0.05, 0) is 38.2 Å². The monoisotopic (exact) mass is 284 g/mol. The Labute approximate surface area is 116 Å². The predicted molar refractivity (Wildman–Crippen MR) is 79.0 cm³/mol. The third kappa shape index (κ3) is 5.72. The van der Waals surface area contributed by atoms with Gasteiger partial charge in [0.15, 0.2) is 9.84 Å². The molecule has 0 heterocycles. The van der Waals surface area contributed by atoms with E-state index in [0.717, 1.165) is 25.2 Å². The fourth-order valence-electron chi connectivity index (χ4n) is 1.81. The molecule has 5 heteroatoms. The maximum atomic E-state index is 11.3. The van der Waals surface area contributed by atoms with Crippen LogP contribution in [0.15, 0.2) is 29.2 Å². The SMILES string of the molecule is CCN(C)CC(C)NCc1ccc(S(C)(=O)=O)cc1. The minimum absolute atomic E-state index is 0.370. The van der Waals surface area contributed by atoms with Crippen LogP contribution < -0.4 is 5.32 Å². The summed E-state index contributed by atoms with van der Waals surface area (Å²) >= 11 is 0. The van der Waals surface area contributed by atoms with Gasteiger partial charge in [0, 0.05) is 25.4 Å². The van der Waals surface area contributed by atoms with Crippen molar-refractivity contribution in [3.05, 3.63) is 29.8 Å². The zero-order valence-electron chi connectivity index (χ0n) is 12.2. The first-order valence-corrected chi connectivity index (χ1v) is 8.43. The highest BCUT2D eigenvalue weighted by Gasteiger charge is 2.07. The predicted octanol–water partition coefficient (Wildman–Crippen LogP) is 1.52. The second kappa shape index (κ2) is 7.03. The van der Waals surface area contributed by atoms with Crippen molar-refractivity contribution in [2.45, 2.75) is 31.3 Å². The molecule has 1 unspecified atom stereocenters. The van der Waals surface area contributed by atoms with Crippen molar-refractivity contribution < 1.29 is 8.42 Å². The van der Waals surface area contributed by atoms with E-state index in [1.165, 1.54) is 6.26 Å². The van der Waals surface area contributed by atoms with E-state index in [0.29, 0.717) is 10.9 Å². The number of hydrogen-bond donors (Lipinski definition) is 1. The topological polar surface area (TPSA) is 49.4 Å². The molecule has 0 aliphatic heterocycles. The van der Waals surface area contributed by atoms with Gasteiger partial charge in [-0.15, -0.1) is 0 Å². The van der Waals surface area contributed by atoms with E-state index in [4.69, 9.17) is 0 Å². The quantitative estimate of drug-likeness (QED) is 0.825. The fourth-order valence-corrected chi connectivity index (χ4v) is 2.44. The lowest BCUT2D eigenvalue weighted by Crippen LogP contribution is -2.36. The van der Waals surface area contributed by atoms with Gasteiger partial charge in [0.1, 0.15) is 0 Å². The zero-order chi connectivity index (χ0) is 14.5. The lowest BCUT2D eigenvalue weighted by Gasteiger charge is -2.20. The number of likely N-dealkylation sites (N-methyl/N-ethyl adjacent to an activating group) is 1. The summed E-state index contributed by atoms with van der Waals surface area (Å²) in [6.07, 6.45) is 1.23. The van der Waals surface area contributed by atoms with E-state index >= 15 is 0 Å². The minimum Gasteiger partial charge on any atom is -0.309 e. The molecule has 0 saturated carbocycles. The Morgan fingerprint density at radius 2 is 1.84 bits per heavy atom. The standard InChI is InChI=1S/C14H24N2O2S/c1-5-16(3)11-12(2)15-10-13-6-8-14(9-7-13)19(4,17)18/h6-9,12,15H,5,10-11H2,1-4H3. The summed E-state index contributed by atoms with van der Waals surface area (Å²) in [5, 5.41) is 3.43. The molecule has 1 aromatic carbocycles. The maximum Gasteiger partial charge on any atom is 0.175 e. The first kappa shape index (κ1) is 16.1. The van der Waals surface area contributed by atoms with E-state index in [1.807, 2.05) is 12.1 Å². The highest BCUT2D eigenvalue weighted by molar-refractivity contribution is 7.90. The Morgan fingerprint density at radius 3 is 2.32 bits per heavy atom. The Hall–Kier alpha value is -0.910. The van der Waals surface area contributed by atoms with Crippen molar-refractivity contribution in [3.63, 3.8) is 0 Å². The molecule has 1 N–H and O–H groups in total. The van der Waals surface area contributed by atoms with E-state index < -0.39 is 9.84 Å². The molecule has 0 aliphatic rings. The minimum atomic E-state index is -3.10. The summed E-state index contributed by atoms with van der Waals surface area (Å²) in [5.74, 6) is 0. The van der Waals surface area contributed by atoms with Crippen LogP contribution in [-0.4, -0.2) is 45.8 Å². The van der Waals surface area contributed by atoms with Crippen LogP contribution in [-0.2, 0) is 16.4 Å². The highest BCUT2D eigenvalue weighted by Crippen LogP contribution is 2.10. The second-order valence-electron chi connectivity index (χ2n) is 5.05. The molecular weight excluding hydrogens is 260 g/mol. The van der Waals surface area contributed by atoms with Crippen LogP contribution in [0.4, 0.5) is 0 Å². The molecule has 0 spiro atoms. The summed E-state index contributed by atoms with van der Waals surface area (Å²) in [6.45, 7) is 7.07. The Morgan fingerprint density at radius 1 is 1.26 bits per heavy atom. The lowest BCUT2D eigenvalue weighted by molar-refractivity contribution is 0.309. The Kier molecular flexibility index (Phi) is 5.97. The molecule has 0 bridgehead atoms. The number of nitrogens with zero attached hydrogens (tertiary/aromatic N) is 1. The number of nitrogens with one attached hydrogen (secondary N) is 1. The lowest BCUT2D eigenvalue weighted by atomic mass is 10.2. The van der Waals surface area contributed by atoms with Gasteiger partial charge in [-0.1, -0.05) is 19.1 Å². The third-order valence-electron chi connectivity index (χ3n) is 3.13. The largest absolute Gasteiger partial charge is 0.309 e. The third-order valence-corrected chi connectivity index (χ3v) is 4.26. The van der Waals surface area contributed by atoms with Gasteiger partial charge < -0.3 is 10.2 Å². The van der Waals surface area contributed by atoms with Crippen LogP contribution >= 0.6 is 0 Å². The molecule has 0 aromatic heterocycles. The molecule has 0 aliphatic carbocycles. The molecule has 108 valence electrons. The van der Waals surface area contributed by atoms with Crippen molar-refractivity contribution >= 4 is 9.84 Å². The fraction of sp³-hybridized carbons (Fsp3) is 0.571. The van der Waals surface area contributed by atoms with Gasteiger partial charge in [-0.25, -0.2) is 8.42 Å². The van der Waals surface area contributed by atoms with Crippen LogP contribution in [0.25, 0.3) is 0 Å². The summed E-state index contributed by atoms with van der Waals surface area (Å²) in [5.41, 5.74) is 1.10. The van der Waals surface area contributed by atoms with Gasteiger partial charge in [0.2, 0.25) is 0 Å². The molecular formula is C14H24N2O2S. The van der Waals surface area contributed by atoms with Gasteiger partial charge in [-0.2, -0.15) is 0 Å². The van der Waals surface area contributed by atoms with Gasteiger partial charge in [0.25, 0.3) is 0 Å². The molecule has 4 nitrogen and oxygen atoms in total. The molecule has 1 rings (SSSR count). The van der Waals surface area contributed by atoms with Crippen LogP contribution in [0.3, 0.4) is 0 Å². The van der Waals surface area contributed by atoms with Crippen molar-refractivity contribution in [3.8, 4) is 0 Å². The summed E-state index contributed by atoms with van der Waals surface area (Å²) in [6, 6.07) is 7.45. The van der Waals surface area contributed by atoms with E-state index in [1.54, 1.807) is 12.1 Å². The number of sulfone groups is 1.